The number of methoxy groups -OCH3 is 1. The number of carbonyl (C=O) groups excluding carboxylic acids is 1. The van der Waals surface area contributed by atoms with Crippen molar-refractivity contribution < 1.29 is 9.53 Å². The molecule has 0 fully saturated rings. The largest absolute Gasteiger partial charge is 0.465 e. The van der Waals surface area contributed by atoms with Gasteiger partial charge in [0.1, 0.15) is 5.00 Å². The lowest BCUT2D eigenvalue weighted by Gasteiger charge is -2.11. The Balaban J connectivity index is 2.13. The van der Waals surface area contributed by atoms with E-state index >= 15 is 0 Å². The topological polar surface area (TPSA) is 50.4 Å². The highest BCUT2D eigenvalue weighted by Gasteiger charge is 2.16. The third kappa shape index (κ3) is 4.14. The summed E-state index contributed by atoms with van der Waals surface area (Å²) in [6, 6.07) is 9.61. The van der Waals surface area contributed by atoms with E-state index in [4.69, 9.17) is 17.0 Å². The van der Waals surface area contributed by atoms with E-state index in [1.54, 1.807) is 6.07 Å². The van der Waals surface area contributed by atoms with Gasteiger partial charge in [-0.1, -0.05) is 12.1 Å². The monoisotopic (exact) mass is 432 g/mol. The van der Waals surface area contributed by atoms with Crippen LogP contribution in [0.5, 0.6) is 0 Å². The molecule has 0 saturated carbocycles. The zero-order valence-corrected chi connectivity index (χ0v) is 15.2. The van der Waals surface area contributed by atoms with E-state index in [9.17, 15) is 4.79 Å². The van der Waals surface area contributed by atoms with Gasteiger partial charge in [0.15, 0.2) is 5.11 Å². The molecular weight excluding hydrogens is 419 g/mol. The van der Waals surface area contributed by atoms with Crippen molar-refractivity contribution in [1.29, 1.82) is 0 Å². The van der Waals surface area contributed by atoms with Gasteiger partial charge in [-0.3, -0.25) is 0 Å². The van der Waals surface area contributed by atoms with Crippen LogP contribution in [0.2, 0.25) is 0 Å². The van der Waals surface area contributed by atoms with E-state index in [1.165, 1.54) is 18.4 Å². The molecule has 1 aromatic heterocycles. The van der Waals surface area contributed by atoms with Crippen LogP contribution < -0.4 is 10.6 Å². The standard InChI is InChI=1S/C14H13IN2O2S2/c1-8-7-9(13(18)19-2)12(21-8)17-14(20)16-11-6-4-3-5-10(11)15/h3-7H,1-2H3,(H2,16,17,20). The van der Waals surface area contributed by atoms with Gasteiger partial charge in [0.05, 0.1) is 18.4 Å². The zero-order valence-electron chi connectivity index (χ0n) is 11.4. The molecule has 0 aliphatic heterocycles. The lowest BCUT2D eigenvalue weighted by Crippen LogP contribution is -2.20. The molecule has 0 bridgehead atoms. The number of hydrogen-bond donors (Lipinski definition) is 2. The molecule has 2 rings (SSSR count). The number of thiophene rings is 1. The average molecular weight is 432 g/mol. The van der Waals surface area contributed by atoms with Crippen molar-refractivity contribution in [1.82, 2.24) is 0 Å². The maximum absolute atomic E-state index is 11.7. The molecular formula is C14H13IN2O2S2. The van der Waals surface area contributed by atoms with Crippen molar-refractivity contribution in [2.45, 2.75) is 6.92 Å². The van der Waals surface area contributed by atoms with Crippen molar-refractivity contribution in [3.05, 3.63) is 44.3 Å². The van der Waals surface area contributed by atoms with Gasteiger partial charge < -0.3 is 15.4 Å². The van der Waals surface area contributed by atoms with Crippen molar-refractivity contribution >= 4 is 67.9 Å². The highest BCUT2D eigenvalue weighted by Crippen LogP contribution is 2.28. The van der Waals surface area contributed by atoms with Gasteiger partial charge in [-0.2, -0.15) is 0 Å². The highest BCUT2D eigenvalue weighted by atomic mass is 127. The molecule has 0 aliphatic rings. The minimum atomic E-state index is -0.376. The molecule has 1 aromatic carbocycles. The number of para-hydroxylation sites is 1. The number of anilines is 2. The number of rotatable bonds is 3. The Labute approximate surface area is 146 Å². The second-order valence-corrected chi connectivity index (χ2v) is 6.98. The molecule has 110 valence electrons. The van der Waals surface area contributed by atoms with Crippen LogP contribution in [-0.2, 0) is 4.74 Å². The number of hydrogen-bond acceptors (Lipinski definition) is 4. The maximum Gasteiger partial charge on any atom is 0.340 e. The normalized spacial score (nSPS) is 10.0. The van der Waals surface area contributed by atoms with Crippen molar-refractivity contribution in [2.75, 3.05) is 17.7 Å². The highest BCUT2D eigenvalue weighted by molar-refractivity contribution is 14.1. The molecule has 2 aromatic rings. The first-order chi connectivity index (χ1) is 10.0. The lowest BCUT2D eigenvalue weighted by molar-refractivity contribution is 0.0602. The molecule has 0 atom stereocenters. The predicted octanol–water partition coefficient (Wildman–Crippen LogP) is 4.26. The lowest BCUT2D eigenvalue weighted by atomic mass is 10.3. The third-order valence-corrected chi connectivity index (χ3v) is 4.72. The Morgan fingerprint density at radius 2 is 2.05 bits per heavy atom. The van der Waals surface area contributed by atoms with Gasteiger partial charge >= 0.3 is 5.97 Å². The van der Waals surface area contributed by atoms with Gasteiger partial charge in [-0.05, 0) is 59.9 Å². The van der Waals surface area contributed by atoms with Crippen LogP contribution in [0.1, 0.15) is 15.2 Å². The van der Waals surface area contributed by atoms with Crippen molar-refractivity contribution in [3.8, 4) is 0 Å². The summed E-state index contributed by atoms with van der Waals surface area (Å²) in [7, 11) is 1.36. The molecule has 1 heterocycles. The van der Waals surface area contributed by atoms with Gasteiger partial charge in [0, 0.05) is 8.45 Å². The molecule has 2 N–H and O–H groups in total. The van der Waals surface area contributed by atoms with E-state index in [0.29, 0.717) is 15.7 Å². The fourth-order valence-corrected chi connectivity index (χ4v) is 3.39. The molecule has 0 aliphatic carbocycles. The second-order valence-electron chi connectivity index (χ2n) is 4.15. The number of thiocarbonyl (C=S) groups is 1. The summed E-state index contributed by atoms with van der Waals surface area (Å²) in [6.07, 6.45) is 0. The number of benzene rings is 1. The van der Waals surface area contributed by atoms with E-state index in [1.807, 2.05) is 31.2 Å². The first kappa shape index (κ1) is 16.2. The first-order valence-corrected chi connectivity index (χ1v) is 8.33. The first-order valence-electron chi connectivity index (χ1n) is 6.02. The molecule has 0 amide bonds. The van der Waals surface area contributed by atoms with Gasteiger partial charge in [0.2, 0.25) is 0 Å². The van der Waals surface area contributed by atoms with Crippen LogP contribution in [0, 0.1) is 10.5 Å². The van der Waals surface area contributed by atoms with Crippen LogP contribution in [0.4, 0.5) is 10.7 Å². The molecule has 21 heavy (non-hydrogen) atoms. The smallest absolute Gasteiger partial charge is 0.340 e. The summed E-state index contributed by atoms with van der Waals surface area (Å²) in [5.41, 5.74) is 1.41. The molecule has 0 radical (unpaired) electrons. The minimum Gasteiger partial charge on any atom is -0.465 e. The summed E-state index contributed by atoms with van der Waals surface area (Å²) in [4.78, 5) is 12.7. The molecule has 0 unspecified atom stereocenters. The maximum atomic E-state index is 11.7. The fourth-order valence-electron chi connectivity index (χ4n) is 1.69. The quantitative estimate of drug-likeness (QED) is 0.432. The van der Waals surface area contributed by atoms with Crippen LogP contribution in [-0.4, -0.2) is 18.2 Å². The summed E-state index contributed by atoms with van der Waals surface area (Å²) in [5.74, 6) is -0.376. The van der Waals surface area contributed by atoms with E-state index in [-0.39, 0.29) is 5.97 Å². The summed E-state index contributed by atoms with van der Waals surface area (Å²) < 4.78 is 5.84. The van der Waals surface area contributed by atoms with E-state index in [0.717, 1.165) is 14.1 Å². The van der Waals surface area contributed by atoms with Gasteiger partial charge in [-0.15, -0.1) is 11.3 Å². The van der Waals surface area contributed by atoms with Crippen LogP contribution in [0.25, 0.3) is 0 Å². The van der Waals surface area contributed by atoms with Gasteiger partial charge in [-0.25, -0.2) is 4.79 Å². The van der Waals surface area contributed by atoms with E-state index in [2.05, 4.69) is 33.2 Å². The molecule has 7 heteroatoms. The Morgan fingerprint density at radius 1 is 1.33 bits per heavy atom. The number of nitrogens with one attached hydrogen (secondary N) is 2. The Morgan fingerprint density at radius 3 is 2.71 bits per heavy atom. The fraction of sp³-hybridized carbons (Fsp3) is 0.143. The molecule has 4 nitrogen and oxygen atoms in total. The van der Waals surface area contributed by atoms with Gasteiger partial charge in [0.25, 0.3) is 0 Å². The van der Waals surface area contributed by atoms with Crippen molar-refractivity contribution in [2.24, 2.45) is 0 Å². The van der Waals surface area contributed by atoms with E-state index < -0.39 is 0 Å². The molecule has 0 saturated heterocycles. The van der Waals surface area contributed by atoms with Crippen molar-refractivity contribution in [3.63, 3.8) is 0 Å². The minimum absolute atomic E-state index is 0.376. The Kier molecular flexibility index (Phi) is 5.54. The van der Waals surface area contributed by atoms with Crippen LogP contribution >= 0.6 is 46.1 Å². The summed E-state index contributed by atoms with van der Waals surface area (Å²) >= 11 is 8.99. The number of carbonyl (C=O) groups is 1. The second kappa shape index (κ2) is 7.19. The SMILES string of the molecule is COC(=O)c1cc(C)sc1NC(=S)Nc1ccccc1I. The number of ether oxygens (including phenoxy) is 1. The summed E-state index contributed by atoms with van der Waals surface area (Å²) in [5, 5.41) is 7.30. The van der Waals surface area contributed by atoms with Crippen LogP contribution in [0.3, 0.4) is 0 Å². The predicted molar refractivity (Wildman–Crippen MR) is 99.4 cm³/mol. The summed E-state index contributed by atoms with van der Waals surface area (Å²) in [6.45, 7) is 1.93. The number of aryl methyl sites for hydroxylation is 1. The molecule has 0 spiro atoms. The Bertz CT molecular complexity index is 685. The average Bonchev–Trinajstić information content (AvgIpc) is 2.81. The number of halogens is 1. The zero-order chi connectivity index (χ0) is 15.4. The third-order valence-electron chi connectivity index (χ3n) is 2.61. The van der Waals surface area contributed by atoms with Crippen LogP contribution in [0.15, 0.2) is 30.3 Å². The Hall–Kier alpha value is -1.19. The number of esters is 1.